The molecular weight excluding hydrogens is 486 g/mol. The Morgan fingerprint density at radius 1 is 1.21 bits per heavy atom. The molecule has 2 aliphatic rings. The fourth-order valence-corrected chi connectivity index (χ4v) is 5.80. The number of carboxylic acid groups (broad SMARTS) is 1. The van der Waals surface area contributed by atoms with Gasteiger partial charge in [-0.25, -0.2) is 9.78 Å². The lowest BCUT2D eigenvalue weighted by atomic mass is 9.92. The van der Waals surface area contributed by atoms with Gasteiger partial charge in [0.05, 0.1) is 17.1 Å². The Hall–Kier alpha value is -3.14. The van der Waals surface area contributed by atoms with Gasteiger partial charge in [-0.2, -0.15) is 0 Å². The number of hydrogen-bond donors (Lipinski definition) is 1. The molecule has 2 fully saturated rings. The van der Waals surface area contributed by atoms with Crippen molar-refractivity contribution < 1.29 is 24.2 Å². The van der Waals surface area contributed by atoms with E-state index < -0.39 is 6.09 Å². The molecule has 10 heteroatoms. The maximum atomic E-state index is 14.2. The van der Waals surface area contributed by atoms with Gasteiger partial charge in [-0.15, -0.1) is 0 Å². The second-order valence-corrected chi connectivity index (χ2v) is 11.0. The molecule has 3 heterocycles. The minimum atomic E-state index is -0.991. The lowest BCUT2D eigenvalue weighted by Gasteiger charge is -2.43. The number of aromatic nitrogens is 2. The highest BCUT2D eigenvalue weighted by Crippen LogP contribution is 2.27. The van der Waals surface area contributed by atoms with Gasteiger partial charge in [-0.05, 0) is 49.7 Å². The number of unbranched alkanes of at least 4 members (excludes halogenated alkanes) is 1. The summed E-state index contributed by atoms with van der Waals surface area (Å²) in [4.78, 5) is 48.5. The van der Waals surface area contributed by atoms with Crippen LogP contribution in [0, 0.1) is 11.8 Å². The van der Waals surface area contributed by atoms with Crippen LogP contribution in [-0.4, -0.2) is 99.7 Å². The summed E-state index contributed by atoms with van der Waals surface area (Å²) < 4.78 is 7.20. The third-order valence-electron chi connectivity index (χ3n) is 7.53. The molecule has 0 spiro atoms. The van der Waals surface area contributed by atoms with E-state index in [9.17, 15) is 19.5 Å². The van der Waals surface area contributed by atoms with Gasteiger partial charge in [-0.1, -0.05) is 26.0 Å². The number of carbonyl (C=O) groups excluding carboxylic acids is 2. The molecule has 4 rings (SSSR count). The number of ether oxygens (including phenoxy) is 1. The number of amides is 3. The van der Waals surface area contributed by atoms with Gasteiger partial charge in [-0.3, -0.25) is 9.59 Å². The predicted octanol–water partition coefficient (Wildman–Crippen LogP) is 3.55. The first-order chi connectivity index (χ1) is 18.3. The van der Waals surface area contributed by atoms with Crippen molar-refractivity contribution in [3.63, 3.8) is 0 Å². The highest BCUT2D eigenvalue weighted by Gasteiger charge is 2.38. The quantitative estimate of drug-likeness (QED) is 0.448. The van der Waals surface area contributed by atoms with Gasteiger partial charge >= 0.3 is 6.09 Å². The molecule has 2 atom stereocenters. The number of likely N-dealkylation sites (tertiary alicyclic amines) is 2. The molecule has 0 saturated carbocycles. The Bertz CT molecular complexity index is 1130. The zero-order chi connectivity index (χ0) is 27.2. The number of piperidine rings is 1. The van der Waals surface area contributed by atoms with Crippen LogP contribution in [-0.2, 0) is 16.1 Å². The number of hydrogen-bond acceptors (Lipinski definition) is 5. The van der Waals surface area contributed by atoms with E-state index in [2.05, 4.69) is 13.8 Å². The number of benzene rings is 1. The standard InChI is InChI=1S/C28H41N5O5/c1-20(2)16-33(22-15-21(18-31(19-22)28(36)37)17-30-12-8-11-25(30)34)27(35)26-29-23-9-4-5-10-24(23)32(26)13-6-7-14-38-3/h4-5,9-10,20-22H,6-8,11-19H2,1-3H3,(H,36,37)/t21-,22-/m0/s1. The zero-order valence-corrected chi connectivity index (χ0v) is 22.8. The number of imidazole rings is 1. The molecule has 2 aliphatic heterocycles. The monoisotopic (exact) mass is 527 g/mol. The van der Waals surface area contributed by atoms with Crippen molar-refractivity contribution >= 4 is 28.9 Å². The number of methoxy groups -OCH3 is 1. The molecule has 208 valence electrons. The van der Waals surface area contributed by atoms with Crippen LogP contribution in [0.1, 0.15) is 56.6 Å². The number of rotatable bonds is 11. The fraction of sp³-hybridized carbons (Fsp3) is 0.643. The van der Waals surface area contributed by atoms with Crippen molar-refractivity contribution in [3.05, 3.63) is 30.1 Å². The van der Waals surface area contributed by atoms with Crippen LogP contribution >= 0.6 is 0 Å². The largest absolute Gasteiger partial charge is 0.465 e. The second-order valence-electron chi connectivity index (χ2n) is 11.0. The molecule has 3 amide bonds. The Morgan fingerprint density at radius 2 is 2.00 bits per heavy atom. The Kier molecular flexibility index (Phi) is 9.25. The number of aryl methyl sites for hydroxylation is 1. The summed E-state index contributed by atoms with van der Waals surface area (Å²) in [5.74, 6) is 0.517. The van der Waals surface area contributed by atoms with Crippen molar-refractivity contribution in [2.24, 2.45) is 11.8 Å². The second kappa shape index (κ2) is 12.6. The van der Waals surface area contributed by atoms with Crippen LogP contribution in [0.5, 0.6) is 0 Å². The molecular formula is C28H41N5O5. The van der Waals surface area contributed by atoms with E-state index >= 15 is 0 Å². The summed E-state index contributed by atoms with van der Waals surface area (Å²) in [6, 6.07) is 7.48. The minimum Gasteiger partial charge on any atom is -0.465 e. The Morgan fingerprint density at radius 3 is 2.68 bits per heavy atom. The van der Waals surface area contributed by atoms with Crippen molar-refractivity contribution in [3.8, 4) is 0 Å². The Balaban J connectivity index is 1.63. The van der Waals surface area contributed by atoms with Crippen LogP contribution in [0.25, 0.3) is 11.0 Å². The van der Waals surface area contributed by atoms with Crippen molar-refractivity contribution in [2.75, 3.05) is 46.4 Å². The van der Waals surface area contributed by atoms with Gasteiger partial charge in [0, 0.05) is 59.4 Å². The van der Waals surface area contributed by atoms with Crippen molar-refractivity contribution in [1.29, 1.82) is 0 Å². The summed E-state index contributed by atoms with van der Waals surface area (Å²) in [6.45, 7) is 7.80. The van der Waals surface area contributed by atoms with Crippen molar-refractivity contribution in [2.45, 2.75) is 58.5 Å². The zero-order valence-electron chi connectivity index (χ0n) is 22.8. The maximum absolute atomic E-state index is 14.2. The normalized spacial score (nSPS) is 20.1. The van der Waals surface area contributed by atoms with E-state index in [0.29, 0.717) is 51.5 Å². The lowest BCUT2D eigenvalue weighted by molar-refractivity contribution is -0.128. The number of para-hydroxylation sites is 2. The summed E-state index contributed by atoms with van der Waals surface area (Å²) >= 11 is 0. The molecule has 2 aromatic rings. The molecule has 0 unspecified atom stereocenters. The summed E-state index contributed by atoms with van der Waals surface area (Å²) in [6.07, 6.45) is 2.78. The summed E-state index contributed by atoms with van der Waals surface area (Å²) in [5, 5.41) is 9.90. The van der Waals surface area contributed by atoms with Crippen LogP contribution in [0.4, 0.5) is 4.79 Å². The van der Waals surface area contributed by atoms with Gasteiger partial charge < -0.3 is 29.1 Å². The first-order valence-electron chi connectivity index (χ1n) is 13.8. The van der Waals surface area contributed by atoms with E-state index in [1.807, 2.05) is 38.6 Å². The first-order valence-corrected chi connectivity index (χ1v) is 13.8. The topological polar surface area (TPSA) is 108 Å². The van der Waals surface area contributed by atoms with Crippen LogP contribution in [0.15, 0.2) is 24.3 Å². The molecule has 0 aliphatic carbocycles. The number of carbonyl (C=O) groups is 3. The molecule has 10 nitrogen and oxygen atoms in total. The predicted molar refractivity (Wildman–Crippen MR) is 144 cm³/mol. The number of nitrogens with zero attached hydrogens (tertiary/aromatic N) is 5. The average Bonchev–Trinajstić information content (AvgIpc) is 3.47. The van der Waals surface area contributed by atoms with Crippen molar-refractivity contribution in [1.82, 2.24) is 24.3 Å². The third-order valence-corrected chi connectivity index (χ3v) is 7.53. The van der Waals surface area contributed by atoms with E-state index in [4.69, 9.17) is 9.72 Å². The number of fused-ring (bicyclic) bond motifs is 1. The highest BCUT2D eigenvalue weighted by atomic mass is 16.5. The Labute approximate surface area is 224 Å². The SMILES string of the molecule is COCCCCn1c(C(=O)N(CC(C)C)[C@H]2C[C@@H](CN3CCCC3=O)CN(C(=O)O)C2)nc2ccccc21. The van der Waals surface area contributed by atoms with E-state index in [0.717, 1.165) is 36.8 Å². The summed E-state index contributed by atoms with van der Waals surface area (Å²) in [5.41, 5.74) is 1.69. The van der Waals surface area contributed by atoms with Gasteiger partial charge in [0.15, 0.2) is 5.82 Å². The van der Waals surface area contributed by atoms with E-state index in [1.54, 1.807) is 7.11 Å². The fourth-order valence-electron chi connectivity index (χ4n) is 5.80. The average molecular weight is 528 g/mol. The first kappa shape index (κ1) is 27.9. The van der Waals surface area contributed by atoms with Gasteiger partial charge in [0.25, 0.3) is 5.91 Å². The summed E-state index contributed by atoms with van der Waals surface area (Å²) in [7, 11) is 1.68. The van der Waals surface area contributed by atoms with Crippen LogP contribution < -0.4 is 0 Å². The highest BCUT2D eigenvalue weighted by molar-refractivity contribution is 5.95. The molecule has 0 bridgehead atoms. The van der Waals surface area contributed by atoms with Crippen LogP contribution in [0.2, 0.25) is 0 Å². The van der Waals surface area contributed by atoms with Gasteiger partial charge in [0.2, 0.25) is 5.91 Å². The van der Waals surface area contributed by atoms with Gasteiger partial charge in [0.1, 0.15) is 0 Å². The molecule has 1 N–H and O–H groups in total. The van der Waals surface area contributed by atoms with Crippen LogP contribution in [0.3, 0.4) is 0 Å². The van der Waals surface area contributed by atoms with E-state index in [-0.39, 0.29) is 36.2 Å². The smallest absolute Gasteiger partial charge is 0.407 e. The maximum Gasteiger partial charge on any atom is 0.407 e. The minimum absolute atomic E-state index is 0.0257. The lowest BCUT2D eigenvalue weighted by Crippen LogP contribution is -2.56. The molecule has 2 saturated heterocycles. The van der Waals surface area contributed by atoms with E-state index in [1.165, 1.54) is 4.90 Å². The molecule has 1 aromatic carbocycles. The molecule has 0 radical (unpaired) electrons. The molecule has 38 heavy (non-hydrogen) atoms. The third kappa shape index (κ3) is 6.46. The molecule has 1 aromatic heterocycles.